The van der Waals surface area contributed by atoms with Gasteiger partial charge in [0.25, 0.3) is 15.9 Å². The Bertz CT molecular complexity index is 1180. The lowest BCUT2D eigenvalue weighted by molar-refractivity contribution is -0.140. The monoisotopic (exact) mass is 535 g/mol. The molecule has 0 unspecified atom stereocenters. The van der Waals surface area contributed by atoms with Crippen LogP contribution in [0.25, 0.3) is 0 Å². The van der Waals surface area contributed by atoms with Crippen LogP contribution in [0, 0.1) is 0 Å². The number of carbonyl (C=O) groups excluding carboxylic acids is 3. The van der Waals surface area contributed by atoms with E-state index < -0.39 is 34.4 Å². The van der Waals surface area contributed by atoms with Crippen molar-refractivity contribution in [2.75, 3.05) is 6.54 Å². The van der Waals surface area contributed by atoms with Crippen LogP contribution in [0.2, 0.25) is 0 Å². The molecule has 33 heavy (non-hydrogen) atoms. The molecule has 2 aromatic carbocycles. The summed E-state index contributed by atoms with van der Waals surface area (Å²) in [5, 5.41) is 2.85. The quantitative estimate of drug-likeness (QED) is 0.559. The molecule has 0 saturated heterocycles. The molecule has 0 fully saturated rings. The molecule has 0 bridgehead atoms. The number of halogens is 1. The second-order valence-electron chi connectivity index (χ2n) is 7.96. The Balaban J connectivity index is 1.89. The number of benzene rings is 2. The molecule has 1 aliphatic heterocycles. The van der Waals surface area contributed by atoms with E-state index in [9.17, 15) is 22.8 Å². The van der Waals surface area contributed by atoms with Gasteiger partial charge in [0.15, 0.2) is 0 Å². The van der Waals surface area contributed by atoms with E-state index >= 15 is 0 Å². The van der Waals surface area contributed by atoms with Gasteiger partial charge in [-0.15, -0.1) is 0 Å². The Morgan fingerprint density at radius 3 is 2.45 bits per heavy atom. The molecule has 0 saturated carbocycles. The van der Waals surface area contributed by atoms with Crippen LogP contribution >= 0.6 is 15.9 Å². The van der Waals surface area contributed by atoms with Crippen LogP contribution in [-0.4, -0.2) is 54.0 Å². The molecule has 2 atom stereocenters. The maximum absolute atomic E-state index is 13.4. The van der Waals surface area contributed by atoms with Crippen molar-refractivity contribution in [1.29, 1.82) is 0 Å². The summed E-state index contributed by atoms with van der Waals surface area (Å²) in [5.74, 6) is -1.75. The van der Waals surface area contributed by atoms with Crippen molar-refractivity contribution in [2.45, 2.75) is 50.7 Å². The second-order valence-corrected chi connectivity index (χ2v) is 10.7. The van der Waals surface area contributed by atoms with Crippen LogP contribution in [0.1, 0.15) is 43.1 Å². The predicted molar refractivity (Wildman–Crippen MR) is 127 cm³/mol. The van der Waals surface area contributed by atoms with Gasteiger partial charge in [0.05, 0.1) is 5.56 Å². The first-order valence-corrected chi connectivity index (χ1v) is 12.8. The van der Waals surface area contributed by atoms with Gasteiger partial charge in [0.2, 0.25) is 11.8 Å². The maximum Gasteiger partial charge on any atom is 0.269 e. The summed E-state index contributed by atoms with van der Waals surface area (Å²) in [6.07, 6.45) is 0.719. The van der Waals surface area contributed by atoms with E-state index in [0.717, 1.165) is 16.5 Å². The fraction of sp³-hybridized carbons (Fsp3) is 0.348. The molecule has 176 valence electrons. The van der Waals surface area contributed by atoms with Crippen molar-refractivity contribution < 1.29 is 22.8 Å². The molecule has 10 heteroatoms. The molecule has 8 nitrogen and oxygen atoms in total. The third-order valence-corrected chi connectivity index (χ3v) is 7.88. The van der Waals surface area contributed by atoms with E-state index in [-0.39, 0.29) is 29.0 Å². The van der Waals surface area contributed by atoms with Crippen LogP contribution in [0.15, 0.2) is 57.9 Å². The zero-order chi connectivity index (χ0) is 24.3. The maximum atomic E-state index is 13.4. The van der Waals surface area contributed by atoms with Gasteiger partial charge in [-0.05, 0) is 50.1 Å². The Morgan fingerprint density at radius 2 is 1.82 bits per heavy atom. The highest BCUT2D eigenvalue weighted by atomic mass is 79.9. The molecular weight excluding hydrogens is 510 g/mol. The molecule has 0 radical (unpaired) electrons. The Labute approximate surface area is 202 Å². The van der Waals surface area contributed by atoms with E-state index in [1.807, 2.05) is 26.0 Å². The summed E-state index contributed by atoms with van der Waals surface area (Å²) < 4.78 is 27.2. The number of fused-ring (bicyclic) bond motifs is 1. The Kier molecular flexibility index (Phi) is 7.58. The zero-order valence-electron chi connectivity index (χ0n) is 18.6. The van der Waals surface area contributed by atoms with Crippen molar-refractivity contribution in [3.05, 3.63) is 64.1 Å². The number of amides is 3. The van der Waals surface area contributed by atoms with E-state index in [1.165, 1.54) is 23.1 Å². The van der Waals surface area contributed by atoms with Gasteiger partial charge in [0.1, 0.15) is 17.5 Å². The van der Waals surface area contributed by atoms with Crippen LogP contribution in [0.3, 0.4) is 0 Å². The van der Waals surface area contributed by atoms with Gasteiger partial charge in [-0.25, -0.2) is 12.7 Å². The van der Waals surface area contributed by atoms with E-state index in [1.54, 1.807) is 25.1 Å². The van der Waals surface area contributed by atoms with Crippen molar-refractivity contribution in [2.24, 2.45) is 0 Å². The van der Waals surface area contributed by atoms with Gasteiger partial charge in [-0.2, -0.15) is 0 Å². The van der Waals surface area contributed by atoms with Gasteiger partial charge < -0.3 is 10.2 Å². The first-order valence-electron chi connectivity index (χ1n) is 10.6. The molecular formula is C23H26BrN3O5S. The molecule has 0 aromatic heterocycles. The van der Waals surface area contributed by atoms with Crippen molar-refractivity contribution in [1.82, 2.24) is 14.5 Å². The predicted octanol–water partition coefficient (Wildman–Crippen LogP) is 2.93. The van der Waals surface area contributed by atoms with Gasteiger partial charge >= 0.3 is 0 Å². The summed E-state index contributed by atoms with van der Waals surface area (Å²) in [5.41, 5.74) is 0.784. The third kappa shape index (κ3) is 5.27. The smallest absolute Gasteiger partial charge is 0.269 e. The van der Waals surface area contributed by atoms with Gasteiger partial charge in [-0.3, -0.25) is 14.4 Å². The van der Waals surface area contributed by atoms with Crippen molar-refractivity contribution in [3.63, 3.8) is 0 Å². The summed E-state index contributed by atoms with van der Waals surface area (Å²) in [6.45, 7) is 4.76. The van der Waals surface area contributed by atoms with Crippen molar-refractivity contribution in [3.8, 4) is 0 Å². The molecule has 0 aliphatic carbocycles. The lowest BCUT2D eigenvalue weighted by Gasteiger charge is -2.31. The normalized spacial score (nSPS) is 16.1. The average molecular weight is 536 g/mol. The fourth-order valence-corrected chi connectivity index (χ4v) is 5.45. The average Bonchev–Trinajstić information content (AvgIpc) is 2.97. The van der Waals surface area contributed by atoms with E-state index in [0.29, 0.717) is 4.31 Å². The highest BCUT2D eigenvalue weighted by molar-refractivity contribution is 9.10. The summed E-state index contributed by atoms with van der Waals surface area (Å²) in [4.78, 5) is 40.1. The third-order valence-electron chi connectivity index (χ3n) is 5.60. The minimum absolute atomic E-state index is 0.0337. The highest BCUT2D eigenvalue weighted by Crippen LogP contribution is 2.30. The molecule has 3 rings (SSSR count). The standard InChI is InChI=1S/C23H26BrN3O5S/c1-4-15(2)25-22(29)16(3)26(13-17-8-7-9-18(24)12-17)21(28)14-27-23(30)19-10-5-6-11-20(19)33(27,31)32/h5-12,15-16H,4,13-14H2,1-3H3,(H,25,29)/t15-,16+/m0/s1. The fourth-order valence-electron chi connectivity index (χ4n) is 3.48. The minimum atomic E-state index is -4.14. The second kappa shape index (κ2) is 10.0. The number of nitrogens with zero attached hydrogens (tertiary/aromatic N) is 2. The number of nitrogens with one attached hydrogen (secondary N) is 1. The molecule has 2 aromatic rings. The number of carbonyl (C=O) groups is 3. The number of hydrogen-bond donors (Lipinski definition) is 1. The van der Waals surface area contributed by atoms with Crippen LogP contribution in [0.5, 0.6) is 0 Å². The number of hydrogen-bond acceptors (Lipinski definition) is 5. The lowest BCUT2D eigenvalue weighted by Crippen LogP contribution is -2.52. The van der Waals surface area contributed by atoms with E-state index in [2.05, 4.69) is 21.2 Å². The van der Waals surface area contributed by atoms with Gasteiger partial charge in [0, 0.05) is 17.1 Å². The van der Waals surface area contributed by atoms with E-state index in [4.69, 9.17) is 0 Å². The molecule has 3 amide bonds. The first-order chi connectivity index (χ1) is 15.6. The minimum Gasteiger partial charge on any atom is -0.352 e. The Hall–Kier alpha value is -2.72. The molecule has 1 N–H and O–H groups in total. The first kappa shape index (κ1) is 24.9. The Morgan fingerprint density at radius 1 is 1.12 bits per heavy atom. The van der Waals surface area contributed by atoms with Crippen LogP contribution < -0.4 is 5.32 Å². The SMILES string of the molecule is CC[C@H](C)NC(=O)[C@@H](C)N(Cc1cccc(Br)c1)C(=O)CN1C(=O)c2ccccc2S1(=O)=O. The van der Waals surface area contributed by atoms with Crippen LogP contribution in [0.4, 0.5) is 0 Å². The number of sulfonamides is 1. The molecule has 0 spiro atoms. The highest BCUT2D eigenvalue weighted by Gasteiger charge is 2.43. The molecule has 1 heterocycles. The largest absolute Gasteiger partial charge is 0.352 e. The summed E-state index contributed by atoms with van der Waals surface area (Å²) >= 11 is 3.39. The summed E-state index contributed by atoms with van der Waals surface area (Å²) in [7, 11) is -4.14. The number of rotatable bonds is 8. The topological polar surface area (TPSA) is 104 Å². The van der Waals surface area contributed by atoms with Crippen molar-refractivity contribution >= 4 is 43.7 Å². The zero-order valence-corrected chi connectivity index (χ0v) is 21.0. The van der Waals surface area contributed by atoms with Gasteiger partial charge in [-0.1, -0.05) is 47.1 Å². The molecule has 1 aliphatic rings. The van der Waals surface area contributed by atoms with Crippen LogP contribution in [-0.2, 0) is 26.2 Å². The summed E-state index contributed by atoms with van der Waals surface area (Å²) in [6, 6.07) is 12.1. The lowest BCUT2D eigenvalue weighted by atomic mass is 10.1.